The van der Waals surface area contributed by atoms with Crippen LogP contribution in [-0.4, -0.2) is 44.1 Å². The Labute approximate surface area is 120 Å². The van der Waals surface area contributed by atoms with Gasteiger partial charge in [0.25, 0.3) is 0 Å². The summed E-state index contributed by atoms with van der Waals surface area (Å²) in [5.74, 6) is 1.61. The monoisotopic (exact) mass is 274 g/mol. The molecule has 1 heterocycles. The lowest BCUT2D eigenvalue weighted by atomic mass is 10.1. The summed E-state index contributed by atoms with van der Waals surface area (Å²) in [6.45, 7) is 5.52. The number of ether oxygens (including phenoxy) is 1. The lowest BCUT2D eigenvalue weighted by molar-refractivity contribution is -0.132. The normalized spacial score (nSPS) is 19.1. The summed E-state index contributed by atoms with van der Waals surface area (Å²) in [6.07, 6.45) is 2.18. The molecule has 4 heteroatoms. The Bertz CT molecular complexity index is 503. The van der Waals surface area contributed by atoms with Crippen LogP contribution >= 0.6 is 0 Å². The minimum Gasteiger partial charge on any atom is -0.495 e. The molecule has 0 bridgehead atoms. The lowest BCUT2D eigenvalue weighted by Gasteiger charge is -2.36. The fourth-order valence-corrected chi connectivity index (χ4v) is 2.80. The van der Waals surface area contributed by atoms with Crippen molar-refractivity contribution in [3.8, 4) is 5.75 Å². The number of carbonyl (C=O) groups is 1. The van der Waals surface area contributed by atoms with E-state index in [9.17, 15) is 4.79 Å². The molecule has 4 nitrogen and oxygen atoms in total. The lowest BCUT2D eigenvalue weighted by Crippen LogP contribution is -2.49. The van der Waals surface area contributed by atoms with E-state index in [2.05, 4.69) is 24.0 Å². The first-order valence-electron chi connectivity index (χ1n) is 7.37. The molecule has 1 aliphatic heterocycles. The maximum Gasteiger partial charge on any atom is 0.225 e. The maximum atomic E-state index is 12.1. The molecule has 20 heavy (non-hydrogen) atoms. The van der Waals surface area contributed by atoms with Crippen LogP contribution in [0.15, 0.2) is 18.2 Å². The van der Waals surface area contributed by atoms with E-state index in [1.54, 1.807) is 7.11 Å². The van der Waals surface area contributed by atoms with Gasteiger partial charge in [0.1, 0.15) is 5.75 Å². The number of nitrogens with zero attached hydrogens (tertiary/aromatic N) is 2. The molecule has 3 rings (SSSR count). The summed E-state index contributed by atoms with van der Waals surface area (Å²) in [7, 11) is 1.71. The van der Waals surface area contributed by atoms with Gasteiger partial charge in [-0.2, -0.15) is 0 Å². The Morgan fingerprint density at radius 1 is 1.20 bits per heavy atom. The van der Waals surface area contributed by atoms with Crippen molar-refractivity contribution in [2.75, 3.05) is 38.2 Å². The van der Waals surface area contributed by atoms with E-state index in [0.29, 0.717) is 11.8 Å². The van der Waals surface area contributed by atoms with Crippen LogP contribution < -0.4 is 9.64 Å². The number of benzene rings is 1. The van der Waals surface area contributed by atoms with Crippen molar-refractivity contribution in [1.82, 2.24) is 4.90 Å². The molecule has 2 fully saturated rings. The molecule has 0 spiro atoms. The van der Waals surface area contributed by atoms with Crippen LogP contribution in [0.4, 0.5) is 5.69 Å². The third-order valence-electron chi connectivity index (χ3n) is 4.19. The predicted octanol–water partition coefficient (Wildman–Crippen LogP) is 2.06. The highest BCUT2D eigenvalue weighted by molar-refractivity contribution is 5.81. The third-order valence-corrected chi connectivity index (χ3v) is 4.19. The van der Waals surface area contributed by atoms with Crippen molar-refractivity contribution < 1.29 is 9.53 Å². The molecule has 1 saturated carbocycles. The fourth-order valence-electron chi connectivity index (χ4n) is 2.80. The molecule has 0 atom stereocenters. The quantitative estimate of drug-likeness (QED) is 0.846. The van der Waals surface area contributed by atoms with Crippen molar-refractivity contribution in [1.29, 1.82) is 0 Å². The SMILES string of the molecule is COc1ccc(C)cc1N1CCN(C(=O)C2CC2)CC1. The van der Waals surface area contributed by atoms with E-state index in [1.807, 2.05) is 11.0 Å². The summed E-state index contributed by atoms with van der Waals surface area (Å²) in [6, 6.07) is 6.25. The number of piperazine rings is 1. The second kappa shape index (κ2) is 5.35. The molecule has 0 N–H and O–H groups in total. The van der Waals surface area contributed by atoms with Crippen LogP contribution in [0.25, 0.3) is 0 Å². The van der Waals surface area contributed by atoms with Crippen LogP contribution in [0, 0.1) is 12.8 Å². The summed E-state index contributed by atoms with van der Waals surface area (Å²) in [5.41, 5.74) is 2.38. The molecule has 108 valence electrons. The molecule has 1 aromatic rings. The zero-order valence-corrected chi connectivity index (χ0v) is 12.3. The molecule has 0 aromatic heterocycles. The second-order valence-corrected chi connectivity index (χ2v) is 5.76. The van der Waals surface area contributed by atoms with E-state index in [-0.39, 0.29) is 0 Å². The van der Waals surface area contributed by atoms with Crippen LogP contribution in [0.3, 0.4) is 0 Å². The zero-order valence-electron chi connectivity index (χ0n) is 12.3. The number of amides is 1. The number of anilines is 1. The van der Waals surface area contributed by atoms with Gasteiger partial charge in [-0.1, -0.05) is 6.07 Å². The minimum absolute atomic E-state index is 0.329. The first-order chi connectivity index (χ1) is 9.69. The standard InChI is InChI=1S/C16H22N2O2/c1-12-3-6-15(20-2)14(11-12)17-7-9-18(10-8-17)16(19)13-4-5-13/h3,6,11,13H,4-5,7-10H2,1-2H3. The Hall–Kier alpha value is -1.71. The van der Waals surface area contributed by atoms with Gasteiger partial charge in [-0.05, 0) is 37.5 Å². The van der Waals surface area contributed by atoms with Crippen LogP contribution in [0.1, 0.15) is 18.4 Å². The van der Waals surface area contributed by atoms with E-state index in [1.165, 1.54) is 5.56 Å². The van der Waals surface area contributed by atoms with E-state index in [0.717, 1.165) is 50.5 Å². The molecular weight excluding hydrogens is 252 g/mol. The number of carbonyl (C=O) groups excluding carboxylic acids is 1. The van der Waals surface area contributed by atoms with Gasteiger partial charge in [0.05, 0.1) is 12.8 Å². The number of methoxy groups -OCH3 is 1. The Balaban J connectivity index is 1.68. The molecule has 2 aliphatic rings. The van der Waals surface area contributed by atoms with Gasteiger partial charge in [0.2, 0.25) is 5.91 Å². The number of hydrogen-bond donors (Lipinski definition) is 0. The van der Waals surface area contributed by atoms with Gasteiger partial charge in [0.15, 0.2) is 0 Å². The molecule has 1 saturated heterocycles. The van der Waals surface area contributed by atoms with Crippen LogP contribution in [-0.2, 0) is 4.79 Å². The van der Waals surface area contributed by atoms with Gasteiger partial charge in [-0.15, -0.1) is 0 Å². The van der Waals surface area contributed by atoms with E-state index < -0.39 is 0 Å². The Morgan fingerprint density at radius 3 is 2.50 bits per heavy atom. The number of hydrogen-bond acceptors (Lipinski definition) is 3. The Morgan fingerprint density at radius 2 is 1.90 bits per heavy atom. The van der Waals surface area contributed by atoms with Gasteiger partial charge >= 0.3 is 0 Å². The highest BCUT2D eigenvalue weighted by Crippen LogP contribution is 2.33. The molecule has 1 aliphatic carbocycles. The first kappa shape index (κ1) is 13.3. The average Bonchev–Trinajstić information content (AvgIpc) is 3.31. The molecule has 1 aromatic carbocycles. The molecule has 1 amide bonds. The number of rotatable bonds is 3. The summed E-state index contributed by atoms with van der Waals surface area (Å²) in [5, 5.41) is 0. The zero-order chi connectivity index (χ0) is 14.1. The molecular formula is C16H22N2O2. The third kappa shape index (κ3) is 2.60. The van der Waals surface area contributed by atoms with Crippen LogP contribution in [0.5, 0.6) is 5.75 Å². The highest BCUT2D eigenvalue weighted by atomic mass is 16.5. The first-order valence-corrected chi connectivity index (χ1v) is 7.37. The largest absolute Gasteiger partial charge is 0.495 e. The summed E-state index contributed by atoms with van der Waals surface area (Å²) >= 11 is 0. The number of aryl methyl sites for hydroxylation is 1. The fraction of sp³-hybridized carbons (Fsp3) is 0.562. The van der Waals surface area contributed by atoms with Crippen molar-refractivity contribution in [3.05, 3.63) is 23.8 Å². The van der Waals surface area contributed by atoms with Crippen molar-refractivity contribution in [3.63, 3.8) is 0 Å². The predicted molar refractivity (Wildman–Crippen MR) is 79.2 cm³/mol. The summed E-state index contributed by atoms with van der Waals surface area (Å²) in [4.78, 5) is 16.4. The van der Waals surface area contributed by atoms with Crippen LogP contribution in [0.2, 0.25) is 0 Å². The Kier molecular flexibility index (Phi) is 3.55. The van der Waals surface area contributed by atoms with Crippen molar-refractivity contribution in [2.24, 2.45) is 5.92 Å². The van der Waals surface area contributed by atoms with E-state index >= 15 is 0 Å². The summed E-state index contributed by atoms with van der Waals surface area (Å²) < 4.78 is 5.45. The van der Waals surface area contributed by atoms with Crippen molar-refractivity contribution >= 4 is 11.6 Å². The molecule has 0 unspecified atom stereocenters. The topological polar surface area (TPSA) is 32.8 Å². The van der Waals surface area contributed by atoms with Gasteiger partial charge in [0, 0.05) is 32.1 Å². The van der Waals surface area contributed by atoms with Gasteiger partial charge in [-0.3, -0.25) is 4.79 Å². The van der Waals surface area contributed by atoms with Gasteiger partial charge in [-0.25, -0.2) is 0 Å². The van der Waals surface area contributed by atoms with Crippen molar-refractivity contribution in [2.45, 2.75) is 19.8 Å². The second-order valence-electron chi connectivity index (χ2n) is 5.76. The molecule has 0 radical (unpaired) electrons. The van der Waals surface area contributed by atoms with E-state index in [4.69, 9.17) is 4.74 Å². The maximum absolute atomic E-state index is 12.1. The minimum atomic E-state index is 0.329. The smallest absolute Gasteiger partial charge is 0.225 e. The highest BCUT2D eigenvalue weighted by Gasteiger charge is 2.34. The van der Waals surface area contributed by atoms with Gasteiger partial charge < -0.3 is 14.5 Å². The average molecular weight is 274 g/mol.